The van der Waals surface area contributed by atoms with Gasteiger partial charge in [0.05, 0.1) is 24.5 Å². The van der Waals surface area contributed by atoms with Gasteiger partial charge in [0.15, 0.2) is 0 Å². The van der Waals surface area contributed by atoms with Crippen LogP contribution in [0.2, 0.25) is 0 Å². The van der Waals surface area contributed by atoms with Crippen LogP contribution in [0.3, 0.4) is 0 Å². The van der Waals surface area contributed by atoms with Gasteiger partial charge in [-0.1, -0.05) is 0 Å². The molecule has 2 saturated heterocycles. The van der Waals surface area contributed by atoms with Crippen molar-refractivity contribution in [3.05, 3.63) is 46.5 Å². The van der Waals surface area contributed by atoms with Gasteiger partial charge in [-0.15, -0.1) is 0 Å². The van der Waals surface area contributed by atoms with Gasteiger partial charge >= 0.3 is 0 Å². The minimum absolute atomic E-state index is 0.0206. The third-order valence-corrected chi connectivity index (χ3v) is 7.05. The van der Waals surface area contributed by atoms with Crippen LogP contribution in [0.15, 0.2) is 18.3 Å². The highest BCUT2D eigenvalue weighted by Crippen LogP contribution is 2.30. The number of hydrogen-bond donors (Lipinski definition) is 0. The van der Waals surface area contributed by atoms with Gasteiger partial charge in [0.1, 0.15) is 5.69 Å². The van der Waals surface area contributed by atoms with Crippen LogP contribution in [0, 0.1) is 0 Å². The predicted molar refractivity (Wildman–Crippen MR) is 119 cm³/mol. The maximum absolute atomic E-state index is 13.3. The summed E-state index contributed by atoms with van der Waals surface area (Å²) in [6.45, 7) is 3.89. The highest BCUT2D eigenvalue weighted by molar-refractivity contribution is 5.95. The molecule has 0 radical (unpaired) electrons. The fourth-order valence-corrected chi connectivity index (χ4v) is 5.20. The van der Waals surface area contributed by atoms with Gasteiger partial charge in [-0.05, 0) is 50.7 Å². The third kappa shape index (κ3) is 4.03. The molecule has 0 spiro atoms. The number of carbonyl (C=O) groups is 2. The summed E-state index contributed by atoms with van der Waals surface area (Å²) in [5.74, 6) is 0.445. The Morgan fingerprint density at radius 1 is 0.969 bits per heavy atom. The normalized spacial score (nSPS) is 19.7. The molecule has 32 heavy (non-hydrogen) atoms. The first-order chi connectivity index (χ1) is 15.6. The number of fused-ring (bicyclic) bond motifs is 1. The Labute approximate surface area is 188 Å². The lowest BCUT2D eigenvalue weighted by molar-refractivity contribution is 0.0302. The SMILES string of the molecule is Cn1nc2c(c1C(=O)N1CCC(c3ccc(C(=O)N4CCOCC4)cn3)CC1)CCCC2. The van der Waals surface area contributed by atoms with Gasteiger partial charge in [0.25, 0.3) is 11.8 Å². The fourth-order valence-electron chi connectivity index (χ4n) is 5.20. The van der Waals surface area contributed by atoms with Gasteiger partial charge in [0.2, 0.25) is 0 Å². The molecule has 0 N–H and O–H groups in total. The van der Waals surface area contributed by atoms with Gasteiger partial charge in [-0.25, -0.2) is 0 Å². The van der Waals surface area contributed by atoms with Gasteiger partial charge in [0, 0.05) is 56.6 Å². The number of ether oxygens (including phenoxy) is 1. The zero-order chi connectivity index (χ0) is 22.1. The number of morpholine rings is 1. The van der Waals surface area contributed by atoms with Gasteiger partial charge in [-0.2, -0.15) is 5.10 Å². The Balaban J connectivity index is 1.21. The maximum atomic E-state index is 13.3. The highest BCUT2D eigenvalue weighted by Gasteiger charge is 2.30. The van der Waals surface area contributed by atoms with Crippen LogP contribution in [-0.2, 0) is 24.6 Å². The Kier molecular flexibility index (Phi) is 5.95. The largest absolute Gasteiger partial charge is 0.378 e. The van der Waals surface area contributed by atoms with Crippen LogP contribution in [-0.4, -0.2) is 75.8 Å². The lowest BCUT2D eigenvalue weighted by Gasteiger charge is -2.32. The highest BCUT2D eigenvalue weighted by atomic mass is 16.5. The summed E-state index contributed by atoms with van der Waals surface area (Å²) < 4.78 is 7.11. The second-order valence-corrected chi connectivity index (χ2v) is 9.05. The predicted octanol–water partition coefficient (Wildman–Crippen LogP) is 2.19. The van der Waals surface area contributed by atoms with Gasteiger partial charge < -0.3 is 14.5 Å². The van der Waals surface area contributed by atoms with E-state index in [1.807, 2.05) is 29.0 Å². The number of rotatable bonds is 3. The van der Waals surface area contributed by atoms with Crippen molar-refractivity contribution >= 4 is 11.8 Å². The van der Waals surface area contributed by atoms with Crippen molar-refractivity contribution in [1.82, 2.24) is 24.6 Å². The van der Waals surface area contributed by atoms with Crippen LogP contribution in [0.25, 0.3) is 0 Å². The van der Waals surface area contributed by atoms with E-state index >= 15 is 0 Å². The number of likely N-dealkylation sites (tertiary alicyclic amines) is 1. The minimum atomic E-state index is 0.0206. The van der Waals surface area contributed by atoms with Crippen molar-refractivity contribution in [3.8, 4) is 0 Å². The Morgan fingerprint density at radius 2 is 1.69 bits per heavy atom. The summed E-state index contributed by atoms with van der Waals surface area (Å²) in [7, 11) is 1.89. The van der Waals surface area contributed by atoms with Crippen molar-refractivity contribution in [2.75, 3.05) is 39.4 Å². The number of carbonyl (C=O) groups excluding carboxylic acids is 2. The summed E-state index contributed by atoms with van der Waals surface area (Å²) in [5, 5.41) is 4.61. The van der Waals surface area contributed by atoms with E-state index in [-0.39, 0.29) is 11.8 Å². The van der Waals surface area contributed by atoms with Crippen molar-refractivity contribution < 1.29 is 14.3 Å². The maximum Gasteiger partial charge on any atom is 0.272 e. The molecule has 0 bridgehead atoms. The third-order valence-electron chi connectivity index (χ3n) is 7.05. The molecule has 0 atom stereocenters. The van der Waals surface area contributed by atoms with Crippen molar-refractivity contribution in [3.63, 3.8) is 0 Å². The number of nitrogens with zero attached hydrogens (tertiary/aromatic N) is 5. The molecule has 2 fully saturated rings. The molecule has 2 aromatic heterocycles. The first-order valence-electron chi connectivity index (χ1n) is 11.8. The van der Waals surface area contributed by atoms with E-state index < -0.39 is 0 Å². The van der Waals surface area contributed by atoms with Gasteiger partial charge in [-0.3, -0.25) is 19.3 Å². The number of aryl methyl sites for hydroxylation is 2. The van der Waals surface area contributed by atoms with Crippen molar-refractivity contribution in [1.29, 1.82) is 0 Å². The minimum Gasteiger partial charge on any atom is -0.378 e. The molecule has 0 saturated carbocycles. The summed E-state index contributed by atoms with van der Waals surface area (Å²) >= 11 is 0. The molecule has 0 aromatic carbocycles. The van der Waals surface area contributed by atoms with E-state index in [9.17, 15) is 9.59 Å². The van der Waals surface area contributed by atoms with Crippen molar-refractivity contribution in [2.24, 2.45) is 7.05 Å². The van der Waals surface area contributed by atoms with Crippen LogP contribution in [0.5, 0.6) is 0 Å². The number of piperidine rings is 1. The molecule has 8 nitrogen and oxygen atoms in total. The summed E-state index contributed by atoms with van der Waals surface area (Å²) in [4.78, 5) is 34.3. The molecule has 4 heterocycles. The quantitative estimate of drug-likeness (QED) is 0.735. The van der Waals surface area contributed by atoms with Crippen LogP contribution < -0.4 is 0 Å². The molecule has 1 aliphatic carbocycles. The number of aromatic nitrogens is 3. The van der Waals surface area contributed by atoms with E-state index in [4.69, 9.17) is 4.74 Å². The lowest BCUT2D eigenvalue weighted by Crippen LogP contribution is -2.40. The van der Waals surface area contributed by atoms with E-state index in [0.29, 0.717) is 37.8 Å². The summed E-state index contributed by atoms with van der Waals surface area (Å²) in [5.41, 5.74) is 4.68. The summed E-state index contributed by atoms with van der Waals surface area (Å²) in [6, 6.07) is 3.87. The molecule has 0 unspecified atom stereocenters. The van der Waals surface area contributed by atoms with E-state index in [1.54, 1.807) is 10.9 Å². The smallest absolute Gasteiger partial charge is 0.272 e. The summed E-state index contributed by atoms with van der Waals surface area (Å²) in [6.07, 6.45) is 7.70. The Bertz CT molecular complexity index is 986. The number of pyridine rings is 1. The second kappa shape index (κ2) is 9.02. The average Bonchev–Trinajstić information content (AvgIpc) is 3.19. The Morgan fingerprint density at radius 3 is 2.41 bits per heavy atom. The van der Waals surface area contributed by atoms with E-state index in [0.717, 1.165) is 74.3 Å². The molecule has 170 valence electrons. The zero-order valence-corrected chi connectivity index (χ0v) is 18.8. The second-order valence-electron chi connectivity index (χ2n) is 9.05. The molecule has 5 rings (SSSR count). The standard InChI is InChI=1S/C24H31N5O3/c1-27-22(19-4-2-3-5-21(19)26-27)24(31)28-10-8-17(9-11-28)20-7-6-18(16-25-20)23(30)29-12-14-32-15-13-29/h6-7,16-17H,2-5,8-15H2,1H3. The first-order valence-corrected chi connectivity index (χ1v) is 11.8. The molecular formula is C24H31N5O3. The zero-order valence-electron chi connectivity index (χ0n) is 18.8. The van der Waals surface area contributed by atoms with Crippen molar-refractivity contribution in [2.45, 2.75) is 44.4 Å². The number of amides is 2. The molecule has 2 aromatic rings. The average molecular weight is 438 g/mol. The fraction of sp³-hybridized carbons (Fsp3) is 0.583. The number of hydrogen-bond acceptors (Lipinski definition) is 5. The molecular weight excluding hydrogens is 406 g/mol. The Hall–Kier alpha value is -2.74. The molecule has 2 amide bonds. The van der Waals surface area contributed by atoms with Crippen LogP contribution in [0.4, 0.5) is 0 Å². The monoisotopic (exact) mass is 437 g/mol. The lowest BCUT2D eigenvalue weighted by atomic mass is 9.91. The topological polar surface area (TPSA) is 80.6 Å². The van der Waals surface area contributed by atoms with E-state index in [2.05, 4.69) is 10.1 Å². The van der Waals surface area contributed by atoms with E-state index in [1.165, 1.54) is 0 Å². The first kappa shape index (κ1) is 21.1. The van der Waals surface area contributed by atoms with Crippen LogP contribution in [0.1, 0.15) is 69.4 Å². The molecule has 3 aliphatic rings. The molecule has 2 aliphatic heterocycles. The van der Waals surface area contributed by atoms with Crippen LogP contribution >= 0.6 is 0 Å². The molecule has 8 heteroatoms.